The largest absolute Gasteiger partial charge is 0.490 e. The molecule has 2 heterocycles. The highest BCUT2D eigenvalue weighted by molar-refractivity contribution is 7.91. The van der Waals surface area contributed by atoms with Gasteiger partial charge in [-0.15, -0.1) is 11.3 Å². The third kappa shape index (κ3) is 3.76. The van der Waals surface area contributed by atoms with E-state index >= 15 is 0 Å². The van der Waals surface area contributed by atoms with Crippen molar-refractivity contribution in [3.05, 3.63) is 47.3 Å². The maximum absolute atomic E-state index is 12.5. The van der Waals surface area contributed by atoms with E-state index in [4.69, 9.17) is 4.74 Å². The molecule has 0 spiro atoms. The van der Waals surface area contributed by atoms with Crippen molar-refractivity contribution in [2.45, 2.75) is 36.5 Å². The Hall–Kier alpha value is -1.37. The maximum atomic E-state index is 12.5. The number of nitrogens with zero attached hydrogens (tertiary/aromatic N) is 1. The molecule has 0 N–H and O–H groups in total. The Morgan fingerprint density at radius 3 is 2.65 bits per heavy atom. The van der Waals surface area contributed by atoms with Crippen molar-refractivity contribution in [1.82, 2.24) is 4.31 Å². The average molecular weight is 351 g/mol. The first-order valence-electron chi connectivity index (χ1n) is 7.89. The zero-order valence-corrected chi connectivity index (χ0v) is 14.8. The molecule has 1 aromatic heterocycles. The minimum absolute atomic E-state index is 0.0805. The zero-order chi connectivity index (χ0) is 16.3. The average Bonchev–Trinajstić information content (AvgIpc) is 3.11. The van der Waals surface area contributed by atoms with Crippen LogP contribution in [0.15, 0.2) is 46.0 Å². The summed E-state index contributed by atoms with van der Waals surface area (Å²) in [7, 11) is -3.33. The fourth-order valence-corrected chi connectivity index (χ4v) is 5.37. The number of benzene rings is 1. The molecule has 23 heavy (non-hydrogen) atoms. The smallest absolute Gasteiger partial charge is 0.252 e. The summed E-state index contributed by atoms with van der Waals surface area (Å²) in [6, 6.07) is 11.6. The molecule has 124 valence electrons. The van der Waals surface area contributed by atoms with Crippen molar-refractivity contribution in [2.75, 3.05) is 13.1 Å². The van der Waals surface area contributed by atoms with Crippen LogP contribution >= 0.6 is 11.3 Å². The SMILES string of the molecule is CCc1cccc(OC2CCN(S(=O)(=O)c3cccs3)CC2)c1. The third-order valence-electron chi connectivity index (χ3n) is 4.10. The van der Waals surface area contributed by atoms with Crippen molar-refractivity contribution in [3.63, 3.8) is 0 Å². The molecule has 0 bridgehead atoms. The van der Waals surface area contributed by atoms with Crippen LogP contribution in [0.4, 0.5) is 0 Å². The van der Waals surface area contributed by atoms with Gasteiger partial charge in [-0.1, -0.05) is 25.1 Å². The number of sulfonamides is 1. The number of aryl methyl sites for hydroxylation is 1. The Balaban J connectivity index is 1.60. The molecule has 3 rings (SSSR count). The van der Waals surface area contributed by atoms with E-state index in [0.29, 0.717) is 17.3 Å². The molecule has 0 atom stereocenters. The van der Waals surface area contributed by atoms with Crippen LogP contribution in [0.1, 0.15) is 25.3 Å². The predicted octanol–water partition coefficient (Wildman–Crippen LogP) is 3.54. The lowest BCUT2D eigenvalue weighted by Gasteiger charge is -2.31. The lowest BCUT2D eigenvalue weighted by molar-refractivity contribution is 0.135. The van der Waals surface area contributed by atoms with Gasteiger partial charge < -0.3 is 4.74 Å². The molecule has 4 nitrogen and oxygen atoms in total. The van der Waals surface area contributed by atoms with Gasteiger partial charge in [0.05, 0.1) is 0 Å². The van der Waals surface area contributed by atoms with Gasteiger partial charge in [-0.3, -0.25) is 0 Å². The zero-order valence-electron chi connectivity index (χ0n) is 13.1. The summed E-state index contributed by atoms with van der Waals surface area (Å²) in [6.07, 6.45) is 2.51. The van der Waals surface area contributed by atoms with Crippen LogP contribution in [-0.2, 0) is 16.4 Å². The minimum Gasteiger partial charge on any atom is -0.490 e. The van der Waals surface area contributed by atoms with Gasteiger partial charge in [-0.05, 0) is 48.4 Å². The van der Waals surface area contributed by atoms with Crippen LogP contribution in [0.3, 0.4) is 0 Å². The summed E-state index contributed by atoms with van der Waals surface area (Å²) >= 11 is 1.27. The summed E-state index contributed by atoms with van der Waals surface area (Å²) in [5, 5.41) is 1.80. The molecule has 0 radical (unpaired) electrons. The van der Waals surface area contributed by atoms with Gasteiger partial charge in [0.25, 0.3) is 10.0 Å². The highest BCUT2D eigenvalue weighted by Gasteiger charge is 2.30. The second-order valence-corrected chi connectivity index (χ2v) is 8.77. The fourth-order valence-electron chi connectivity index (χ4n) is 2.76. The van der Waals surface area contributed by atoms with Crippen molar-refractivity contribution in [2.24, 2.45) is 0 Å². The van der Waals surface area contributed by atoms with Crippen LogP contribution in [0.2, 0.25) is 0 Å². The summed E-state index contributed by atoms with van der Waals surface area (Å²) in [5.74, 6) is 0.879. The summed E-state index contributed by atoms with van der Waals surface area (Å²) in [4.78, 5) is 0. The molecule has 1 aliphatic heterocycles. The van der Waals surface area contributed by atoms with Gasteiger partial charge in [-0.25, -0.2) is 8.42 Å². The lowest BCUT2D eigenvalue weighted by atomic mass is 10.1. The summed E-state index contributed by atoms with van der Waals surface area (Å²) in [5.41, 5.74) is 1.25. The lowest BCUT2D eigenvalue weighted by Crippen LogP contribution is -2.41. The highest BCUT2D eigenvalue weighted by Crippen LogP contribution is 2.26. The van der Waals surface area contributed by atoms with Gasteiger partial charge in [0.15, 0.2) is 0 Å². The minimum atomic E-state index is -3.33. The van der Waals surface area contributed by atoms with E-state index in [1.54, 1.807) is 21.8 Å². The Bertz CT molecular complexity index is 733. The van der Waals surface area contributed by atoms with Crippen molar-refractivity contribution < 1.29 is 13.2 Å². The maximum Gasteiger partial charge on any atom is 0.252 e. The first-order chi connectivity index (χ1) is 11.1. The fraction of sp³-hybridized carbons (Fsp3) is 0.412. The van der Waals surface area contributed by atoms with Crippen molar-refractivity contribution >= 4 is 21.4 Å². The van der Waals surface area contributed by atoms with Crippen LogP contribution in [0.25, 0.3) is 0 Å². The Kier molecular flexibility index (Phi) is 5.04. The second-order valence-electron chi connectivity index (χ2n) is 5.65. The van der Waals surface area contributed by atoms with E-state index in [-0.39, 0.29) is 6.10 Å². The number of piperidine rings is 1. The molecular weight excluding hydrogens is 330 g/mol. The molecule has 0 amide bonds. The van der Waals surface area contributed by atoms with Crippen molar-refractivity contribution in [3.8, 4) is 5.75 Å². The van der Waals surface area contributed by atoms with E-state index < -0.39 is 10.0 Å². The normalized spacial score (nSPS) is 17.3. The number of ether oxygens (including phenoxy) is 1. The summed E-state index contributed by atoms with van der Waals surface area (Å²) in [6.45, 7) is 3.14. The van der Waals surface area contributed by atoms with E-state index in [1.807, 2.05) is 12.1 Å². The molecule has 6 heteroatoms. The monoisotopic (exact) mass is 351 g/mol. The number of rotatable bonds is 5. The van der Waals surface area contributed by atoms with Crippen LogP contribution < -0.4 is 4.74 Å². The Morgan fingerprint density at radius 2 is 2.00 bits per heavy atom. The van der Waals surface area contributed by atoms with Gasteiger partial charge >= 0.3 is 0 Å². The van der Waals surface area contributed by atoms with Crippen LogP contribution in [-0.4, -0.2) is 31.9 Å². The predicted molar refractivity (Wildman–Crippen MR) is 92.5 cm³/mol. The summed E-state index contributed by atoms with van der Waals surface area (Å²) < 4.78 is 33.0. The Morgan fingerprint density at radius 1 is 1.22 bits per heavy atom. The number of thiophene rings is 1. The molecule has 0 saturated carbocycles. The van der Waals surface area contributed by atoms with Crippen LogP contribution in [0.5, 0.6) is 5.75 Å². The van der Waals surface area contributed by atoms with E-state index in [1.165, 1.54) is 16.9 Å². The third-order valence-corrected chi connectivity index (χ3v) is 7.37. The van der Waals surface area contributed by atoms with E-state index in [2.05, 4.69) is 19.1 Å². The van der Waals surface area contributed by atoms with Gasteiger partial charge in [-0.2, -0.15) is 4.31 Å². The molecule has 2 aromatic rings. The molecule has 1 saturated heterocycles. The topological polar surface area (TPSA) is 46.6 Å². The van der Waals surface area contributed by atoms with Crippen LogP contribution in [0, 0.1) is 0 Å². The highest BCUT2D eigenvalue weighted by atomic mass is 32.2. The van der Waals surface area contributed by atoms with E-state index in [0.717, 1.165) is 25.0 Å². The molecular formula is C17H21NO3S2. The first kappa shape index (κ1) is 16.5. The molecule has 1 aromatic carbocycles. The standard InChI is InChI=1S/C17H21NO3S2/c1-2-14-5-3-6-16(13-14)21-15-8-10-18(11-9-15)23(19,20)17-7-4-12-22-17/h3-7,12-13,15H,2,8-11H2,1H3. The van der Waals surface area contributed by atoms with E-state index in [9.17, 15) is 8.42 Å². The molecule has 1 fully saturated rings. The molecule has 0 aliphatic carbocycles. The number of hydrogen-bond donors (Lipinski definition) is 0. The van der Waals surface area contributed by atoms with Gasteiger partial charge in [0.1, 0.15) is 16.1 Å². The molecule has 1 aliphatic rings. The Labute approximate surface area is 141 Å². The van der Waals surface area contributed by atoms with Gasteiger partial charge in [0, 0.05) is 13.1 Å². The second kappa shape index (κ2) is 7.03. The van der Waals surface area contributed by atoms with Gasteiger partial charge in [0.2, 0.25) is 0 Å². The first-order valence-corrected chi connectivity index (χ1v) is 10.2. The molecule has 0 unspecified atom stereocenters. The number of hydrogen-bond acceptors (Lipinski definition) is 4. The van der Waals surface area contributed by atoms with Crippen molar-refractivity contribution in [1.29, 1.82) is 0 Å². The quantitative estimate of drug-likeness (QED) is 0.828.